The van der Waals surface area contributed by atoms with Gasteiger partial charge in [0, 0.05) is 24.8 Å². The number of nitrogens with two attached hydrogens (primary N) is 1. The molecule has 1 aromatic carbocycles. The van der Waals surface area contributed by atoms with Gasteiger partial charge in [0.25, 0.3) is 0 Å². The van der Waals surface area contributed by atoms with E-state index in [0.717, 1.165) is 31.1 Å². The van der Waals surface area contributed by atoms with Crippen molar-refractivity contribution >= 4 is 5.69 Å². The lowest BCUT2D eigenvalue weighted by molar-refractivity contribution is 0.357. The first-order chi connectivity index (χ1) is 9.72. The Hall–Kier alpha value is -1.09. The van der Waals surface area contributed by atoms with E-state index in [4.69, 9.17) is 5.73 Å². The maximum Gasteiger partial charge on any atom is 0.123 e. The van der Waals surface area contributed by atoms with Crippen LogP contribution in [0.5, 0.6) is 0 Å². The number of halogens is 1. The SMILES string of the molecule is NC(CC1CCN(c2ccc(F)cc2)C1)C1CCCC1. The molecule has 0 bridgehead atoms. The zero-order valence-electron chi connectivity index (χ0n) is 12.1. The first-order valence-electron chi connectivity index (χ1n) is 7.98. The molecule has 1 saturated heterocycles. The summed E-state index contributed by atoms with van der Waals surface area (Å²) in [6.45, 7) is 2.15. The Bertz CT molecular complexity index is 425. The van der Waals surface area contributed by atoms with E-state index in [9.17, 15) is 4.39 Å². The molecule has 3 rings (SSSR count). The fraction of sp³-hybridized carbons (Fsp3) is 0.647. The van der Waals surface area contributed by atoms with Gasteiger partial charge in [0.05, 0.1) is 0 Å². The molecule has 0 spiro atoms. The summed E-state index contributed by atoms with van der Waals surface area (Å²) < 4.78 is 13.0. The number of benzene rings is 1. The number of nitrogens with zero attached hydrogens (tertiary/aromatic N) is 1. The zero-order valence-corrected chi connectivity index (χ0v) is 12.1. The van der Waals surface area contributed by atoms with Crippen molar-refractivity contribution in [1.82, 2.24) is 0 Å². The second-order valence-corrected chi connectivity index (χ2v) is 6.52. The highest BCUT2D eigenvalue weighted by atomic mass is 19.1. The fourth-order valence-electron chi connectivity index (χ4n) is 3.87. The summed E-state index contributed by atoms with van der Waals surface area (Å²) in [5, 5.41) is 0. The lowest BCUT2D eigenvalue weighted by atomic mass is 9.89. The first-order valence-corrected chi connectivity index (χ1v) is 7.98. The summed E-state index contributed by atoms with van der Waals surface area (Å²) in [4.78, 5) is 2.37. The van der Waals surface area contributed by atoms with E-state index in [1.54, 1.807) is 12.1 Å². The van der Waals surface area contributed by atoms with Gasteiger partial charge in [-0.2, -0.15) is 0 Å². The highest BCUT2D eigenvalue weighted by Gasteiger charge is 2.28. The molecule has 2 atom stereocenters. The van der Waals surface area contributed by atoms with Crippen LogP contribution in [-0.2, 0) is 0 Å². The van der Waals surface area contributed by atoms with Crippen molar-refractivity contribution in [1.29, 1.82) is 0 Å². The van der Waals surface area contributed by atoms with Gasteiger partial charge in [-0.1, -0.05) is 12.8 Å². The van der Waals surface area contributed by atoms with Crippen LogP contribution in [0.25, 0.3) is 0 Å². The van der Waals surface area contributed by atoms with Crippen LogP contribution in [0.2, 0.25) is 0 Å². The summed E-state index contributed by atoms with van der Waals surface area (Å²) in [5.74, 6) is 1.30. The van der Waals surface area contributed by atoms with Crippen molar-refractivity contribution < 1.29 is 4.39 Å². The van der Waals surface area contributed by atoms with Gasteiger partial charge in [-0.3, -0.25) is 0 Å². The summed E-state index contributed by atoms with van der Waals surface area (Å²) in [7, 11) is 0. The van der Waals surface area contributed by atoms with Crippen molar-refractivity contribution in [3.63, 3.8) is 0 Å². The van der Waals surface area contributed by atoms with E-state index < -0.39 is 0 Å². The second-order valence-electron chi connectivity index (χ2n) is 6.52. The zero-order chi connectivity index (χ0) is 13.9. The molecule has 2 N–H and O–H groups in total. The quantitative estimate of drug-likeness (QED) is 0.911. The van der Waals surface area contributed by atoms with Crippen molar-refractivity contribution in [3.05, 3.63) is 30.1 Å². The number of hydrogen-bond donors (Lipinski definition) is 1. The number of hydrogen-bond acceptors (Lipinski definition) is 2. The monoisotopic (exact) mass is 276 g/mol. The maximum absolute atomic E-state index is 13.0. The molecular weight excluding hydrogens is 251 g/mol. The third-order valence-corrected chi connectivity index (χ3v) is 5.09. The van der Waals surface area contributed by atoms with Crippen molar-refractivity contribution in [2.75, 3.05) is 18.0 Å². The van der Waals surface area contributed by atoms with Crippen LogP contribution in [0.15, 0.2) is 24.3 Å². The van der Waals surface area contributed by atoms with Crippen LogP contribution < -0.4 is 10.6 Å². The van der Waals surface area contributed by atoms with Crippen LogP contribution in [0.4, 0.5) is 10.1 Å². The molecule has 3 heteroatoms. The normalized spacial score (nSPS) is 25.3. The van der Waals surface area contributed by atoms with Gasteiger partial charge in [0.2, 0.25) is 0 Å². The molecule has 20 heavy (non-hydrogen) atoms. The lowest BCUT2D eigenvalue weighted by Gasteiger charge is -2.23. The minimum atomic E-state index is -0.159. The van der Waals surface area contributed by atoms with Crippen molar-refractivity contribution in [2.24, 2.45) is 17.6 Å². The molecule has 110 valence electrons. The van der Waals surface area contributed by atoms with Gasteiger partial charge >= 0.3 is 0 Å². The average Bonchev–Trinajstić information content (AvgIpc) is 3.10. The highest BCUT2D eigenvalue weighted by molar-refractivity contribution is 5.47. The molecule has 1 heterocycles. The molecule has 0 amide bonds. The molecule has 2 aliphatic rings. The van der Waals surface area contributed by atoms with Crippen LogP contribution >= 0.6 is 0 Å². The standard InChI is InChI=1S/C17H25FN2/c18-15-5-7-16(8-6-15)20-10-9-13(12-20)11-17(19)14-3-1-2-4-14/h5-8,13-14,17H,1-4,9-12,19H2. The predicted octanol–water partition coefficient (Wildman–Crippen LogP) is 3.56. The van der Waals surface area contributed by atoms with Crippen molar-refractivity contribution in [2.45, 2.75) is 44.6 Å². The molecular formula is C17H25FN2. The Morgan fingerprint density at radius 3 is 2.55 bits per heavy atom. The van der Waals surface area contributed by atoms with Gasteiger partial charge in [0.1, 0.15) is 5.82 Å². The van der Waals surface area contributed by atoms with E-state index in [1.807, 2.05) is 12.1 Å². The Morgan fingerprint density at radius 2 is 1.85 bits per heavy atom. The van der Waals surface area contributed by atoms with Gasteiger partial charge in [-0.15, -0.1) is 0 Å². The number of anilines is 1. The minimum Gasteiger partial charge on any atom is -0.371 e. The predicted molar refractivity (Wildman–Crippen MR) is 81.3 cm³/mol. The summed E-state index contributed by atoms with van der Waals surface area (Å²) in [6.07, 6.45) is 7.76. The topological polar surface area (TPSA) is 29.3 Å². The Kier molecular flexibility index (Phi) is 4.25. The first kappa shape index (κ1) is 13.9. The summed E-state index contributed by atoms with van der Waals surface area (Å²) in [6, 6.07) is 7.25. The van der Waals surface area contributed by atoms with Crippen LogP contribution in [0, 0.1) is 17.7 Å². The molecule has 1 aliphatic carbocycles. The molecule has 1 saturated carbocycles. The van der Waals surface area contributed by atoms with E-state index >= 15 is 0 Å². The Balaban J connectivity index is 1.52. The molecule has 2 fully saturated rings. The molecule has 2 unspecified atom stereocenters. The maximum atomic E-state index is 13.0. The van der Waals surface area contributed by atoms with E-state index in [1.165, 1.54) is 32.1 Å². The highest BCUT2D eigenvalue weighted by Crippen LogP contribution is 2.32. The van der Waals surface area contributed by atoms with Gasteiger partial charge in [-0.25, -0.2) is 4.39 Å². The molecule has 0 aromatic heterocycles. The Morgan fingerprint density at radius 1 is 1.15 bits per heavy atom. The van der Waals surface area contributed by atoms with Gasteiger partial charge in [0.15, 0.2) is 0 Å². The summed E-state index contributed by atoms with van der Waals surface area (Å²) >= 11 is 0. The summed E-state index contributed by atoms with van der Waals surface area (Å²) in [5.41, 5.74) is 7.54. The number of rotatable bonds is 4. The van der Waals surface area contributed by atoms with Crippen LogP contribution in [-0.4, -0.2) is 19.1 Å². The van der Waals surface area contributed by atoms with E-state index in [2.05, 4.69) is 4.90 Å². The van der Waals surface area contributed by atoms with Gasteiger partial charge in [-0.05, 0) is 61.8 Å². The molecule has 1 aliphatic heterocycles. The van der Waals surface area contributed by atoms with Crippen LogP contribution in [0.1, 0.15) is 38.5 Å². The minimum absolute atomic E-state index is 0.159. The van der Waals surface area contributed by atoms with E-state index in [0.29, 0.717) is 12.0 Å². The largest absolute Gasteiger partial charge is 0.371 e. The van der Waals surface area contributed by atoms with Gasteiger partial charge < -0.3 is 10.6 Å². The molecule has 1 aromatic rings. The van der Waals surface area contributed by atoms with Crippen molar-refractivity contribution in [3.8, 4) is 0 Å². The van der Waals surface area contributed by atoms with E-state index in [-0.39, 0.29) is 5.82 Å². The molecule has 0 radical (unpaired) electrons. The van der Waals surface area contributed by atoms with Crippen LogP contribution in [0.3, 0.4) is 0 Å². The Labute approximate surface area is 121 Å². The molecule has 2 nitrogen and oxygen atoms in total. The third-order valence-electron chi connectivity index (χ3n) is 5.09. The fourth-order valence-corrected chi connectivity index (χ4v) is 3.87. The lowest BCUT2D eigenvalue weighted by Crippen LogP contribution is -2.31. The second kappa shape index (κ2) is 6.13. The smallest absolute Gasteiger partial charge is 0.123 e. The average molecular weight is 276 g/mol. The third kappa shape index (κ3) is 3.14.